The van der Waals surface area contributed by atoms with E-state index in [0.717, 1.165) is 11.0 Å². The highest BCUT2D eigenvalue weighted by molar-refractivity contribution is 7.99. The van der Waals surface area contributed by atoms with Crippen molar-refractivity contribution in [3.8, 4) is 5.75 Å². The van der Waals surface area contributed by atoms with E-state index in [-0.39, 0.29) is 5.84 Å². The number of benzene rings is 1. The minimum Gasteiger partial charge on any atom is -0.496 e. The smallest absolute Gasteiger partial charge is 0.130 e. The van der Waals surface area contributed by atoms with Crippen LogP contribution in [-0.4, -0.2) is 18.2 Å². The van der Waals surface area contributed by atoms with Gasteiger partial charge in [0.25, 0.3) is 0 Å². The maximum absolute atomic E-state index is 7.50. The van der Waals surface area contributed by atoms with Gasteiger partial charge in [0.2, 0.25) is 0 Å². The molecule has 0 bridgehead atoms. The molecular weight excluding hydrogens is 256 g/mol. The molecule has 0 unspecified atom stereocenters. The highest BCUT2D eigenvalue weighted by atomic mass is 32.2. The average molecular weight is 278 g/mol. The van der Waals surface area contributed by atoms with Crippen molar-refractivity contribution >= 4 is 17.6 Å². The maximum atomic E-state index is 7.50. The van der Waals surface area contributed by atoms with Gasteiger partial charge in [0.15, 0.2) is 0 Å². The van der Waals surface area contributed by atoms with E-state index in [2.05, 4.69) is 6.07 Å². The van der Waals surface area contributed by atoms with Crippen LogP contribution in [0.2, 0.25) is 0 Å². The first-order valence-corrected chi connectivity index (χ1v) is 7.88. The van der Waals surface area contributed by atoms with Gasteiger partial charge in [0, 0.05) is 11.0 Å². The van der Waals surface area contributed by atoms with Crippen LogP contribution in [0.1, 0.15) is 43.2 Å². The molecule has 0 aliphatic heterocycles. The Morgan fingerprint density at radius 3 is 2.74 bits per heavy atom. The fourth-order valence-electron chi connectivity index (χ4n) is 2.49. The number of methoxy groups -OCH3 is 1. The Bertz CT molecular complexity index is 442. The topological polar surface area (TPSA) is 59.1 Å². The summed E-state index contributed by atoms with van der Waals surface area (Å²) in [5, 5.41) is 8.32. The molecule has 1 aromatic carbocycles. The van der Waals surface area contributed by atoms with Crippen molar-refractivity contribution in [3.63, 3.8) is 0 Å². The van der Waals surface area contributed by atoms with Crippen molar-refractivity contribution in [1.82, 2.24) is 0 Å². The first kappa shape index (κ1) is 14.3. The van der Waals surface area contributed by atoms with E-state index in [1.807, 2.05) is 23.9 Å². The molecule has 104 valence electrons. The van der Waals surface area contributed by atoms with E-state index in [1.54, 1.807) is 7.11 Å². The van der Waals surface area contributed by atoms with Gasteiger partial charge in [-0.1, -0.05) is 25.3 Å². The summed E-state index contributed by atoms with van der Waals surface area (Å²) in [4.78, 5) is 0. The van der Waals surface area contributed by atoms with Crippen LogP contribution < -0.4 is 10.5 Å². The molecule has 0 saturated heterocycles. The summed E-state index contributed by atoms with van der Waals surface area (Å²) >= 11 is 2.04. The van der Waals surface area contributed by atoms with Crippen molar-refractivity contribution in [2.45, 2.75) is 43.1 Å². The number of rotatable bonds is 5. The van der Waals surface area contributed by atoms with Crippen LogP contribution in [0.25, 0.3) is 0 Å². The first-order chi connectivity index (χ1) is 9.20. The van der Waals surface area contributed by atoms with Gasteiger partial charge in [-0.15, -0.1) is 0 Å². The summed E-state index contributed by atoms with van der Waals surface area (Å²) in [5.41, 5.74) is 7.45. The second kappa shape index (κ2) is 6.85. The number of nitrogens with one attached hydrogen (secondary N) is 1. The SMILES string of the molecule is COc1cc(CSC2CCCCC2)ccc1C(=N)N. The summed E-state index contributed by atoms with van der Waals surface area (Å²) < 4.78 is 5.31. The Balaban J connectivity index is 1.98. The molecule has 2 rings (SSSR count). The normalized spacial score (nSPS) is 16.3. The Hall–Kier alpha value is -1.16. The van der Waals surface area contributed by atoms with Crippen LogP contribution in [0.15, 0.2) is 18.2 Å². The van der Waals surface area contributed by atoms with Gasteiger partial charge in [-0.05, 0) is 30.5 Å². The Labute approximate surface area is 119 Å². The molecule has 1 aromatic rings. The fourth-order valence-corrected chi connectivity index (χ4v) is 3.77. The lowest BCUT2D eigenvalue weighted by Crippen LogP contribution is -2.12. The molecule has 1 saturated carbocycles. The number of ether oxygens (including phenoxy) is 1. The zero-order valence-corrected chi connectivity index (χ0v) is 12.3. The van der Waals surface area contributed by atoms with E-state index in [0.29, 0.717) is 11.3 Å². The molecule has 1 aliphatic rings. The zero-order valence-electron chi connectivity index (χ0n) is 11.4. The van der Waals surface area contributed by atoms with Gasteiger partial charge in [-0.2, -0.15) is 11.8 Å². The molecular formula is C15H22N2OS. The van der Waals surface area contributed by atoms with Crippen molar-refractivity contribution < 1.29 is 4.74 Å². The standard InChI is InChI=1S/C15H22N2OS/c1-18-14-9-11(7-8-13(14)15(16)17)10-19-12-5-3-2-4-6-12/h7-9,12H,2-6,10H2,1H3,(H3,16,17). The van der Waals surface area contributed by atoms with Crippen LogP contribution in [0.3, 0.4) is 0 Å². The molecule has 0 amide bonds. The van der Waals surface area contributed by atoms with E-state index in [4.69, 9.17) is 15.9 Å². The van der Waals surface area contributed by atoms with Gasteiger partial charge in [-0.3, -0.25) is 5.41 Å². The number of thioether (sulfide) groups is 1. The molecule has 4 heteroatoms. The van der Waals surface area contributed by atoms with E-state index in [9.17, 15) is 0 Å². The van der Waals surface area contributed by atoms with Gasteiger partial charge in [0.1, 0.15) is 11.6 Å². The lowest BCUT2D eigenvalue weighted by atomic mass is 10.0. The monoisotopic (exact) mass is 278 g/mol. The lowest BCUT2D eigenvalue weighted by molar-refractivity contribution is 0.413. The predicted octanol–water partition coefficient (Wildman–Crippen LogP) is 3.55. The number of nitrogen functional groups attached to an aromatic ring is 1. The minimum absolute atomic E-state index is 0.0586. The van der Waals surface area contributed by atoms with Gasteiger partial charge in [0.05, 0.1) is 12.7 Å². The van der Waals surface area contributed by atoms with Crippen LogP contribution in [0, 0.1) is 5.41 Å². The van der Waals surface area contributed by atoms with Crippen LogP contribution in [0.4, 0.5) is 0 Å². The van der Waals surface area contributed by atoms with E-state index < -0.39 is 0 Å². The third-order valence-electron chi connectivity index (χ3n) is 3.59. The molecule has 0 atom stereocenters. The minimum atomic E-state index is 0.0586. The Morgan fingerprint density at radius 1 is 1.37 bits per heavy atom. The third kappa shape index (κ3) is 3.90. The molecule has 1 aliphatic carbocycles. The molecule has 0 heterocycles. The highest BCUT2D eigenvalue weighted by Crippen LogP contribution is 2.31. The fraction of sp³-hybridized carbons (Fsp3) is 0.533. The van der Waals surface area contributed by atoms with Crippen molar-refractivity contribution in [2.24, 2.45) is 5.73 Å². The van der Waals surface area contributed by atoms with Gasteiger partial charge < -0.3 is 10.5 Å². The Morgan fingerprint density at radius 2 is 2.11 bits per heavy atom. The zero-order chi connectivity index (χ0) is 13.7. The number of amidine groups is 1. The average Bonchev–Trinajstić information content (AvgIpc) is 2.45. The molecule has 3 N–H and O–H groups in total. The van der Waals surface area contributed by atoms with E-state index >= 15 is 0 Å². The number of hydrogen-bond acceptors (Lipinski definition) is 3. The number of hydrogen-bond donors (Lipinski definition) is 2. The molecule has 1 fully saturated rings. The molecule has 0 radical (unpaired) electrons. The predicted molar refractivity (Wildman–Crippen MR) is 82.2 cm³/mol. The maximum Gasteiger partial charge on any atom is 0.130 e. The van der Waals surface area contributed by atoms with Crippen molar-refractivity contribution in [1.29, 1.82) is 5.41 Å². The molecule has 0 spiro atoms. The molecule has 19 heavy (non-hydrogen) atoms. The van der Waals surface area contributed by atoms with Gasteiger partial charge in [-0.25, -0.2) is 0 Å². The van der Waals surface area contributed by atoms with Crippen LogP contribution in [0.5, 0.6) is 5.75 Å². The molecule has 3 nitrogen and oxygen atoms in total. The third-order valence-corrected chi connectivity index (χ3v) is 5.04. The van der Waals surface area contributed by atoms with Gasteiger partial charge >= 0.3 is 0 Å². The van der Waals surface area contributed by atoms with Crippen molar-refractivity contribution in [3.05, 3.63) is 29.3 Å². The first-order valence-electron chi connectivity index (χ1n) is 6.83. The summed E-state index contributed by atoms with van der Waals surface area (Å²) in [7, 11) is 1.62. The second-order valence-electron chi connectivity index (χ2n) is 5.02. The summed E-state index contributed by atoms with van der Waals surface area (Å²) in [6, 6.07) is 5.94. The second-order valence-corrected chi connectivity index (χ2v) is 6.31. The summed E-state index contributed by atoms with van der Waals surface area (Å²) in [5.74, 6) is 1.77. The van der Waals surface area contributed by atoms with Crippen molar-refractivity contribution in [2.75, 3.05) is 7.11 Å². The number of nitrogens with two attached hydrogens (primary N) is 1. The quantitative estimate of drug-likeness (QED) is 0.639. The molecule has 0 aromatic heterocycles. The highest BCUT2D eigenvalue weighted by Gasteiger charge is 2.14. The largest absolute Gasteiger partial charge is 0.496 e. The van der Waals surface area contributed by atoms with Crippen LogP contribution in [-0.2, 0) is 5.75 Å². The van der Waals surface area contributed by atoms with E-state index in [1.165, 1.54) is 37.7 Å². The summed E-state index contributed by atoms with van der Waals surface area (Å²) in [6.45, 7) is 0. The van der Waals surface area contributed by atoms with Crippen LogP contribution >= 0.6 is 11.8 Å². The Kier molecular flexibility index (Phi) is 5.14. The summed E-state index contributed by atoms with van der Waals surface area (Å²) in [6.07, 6.45) is 6.87. The lowest BCUT2D eigenvalue weighted by Gasteiger charge is -2.21.